The Kier molecular flexibility index (Phi) is 3.42. The van der Waals surface area contributed by atoms with Crippen molar-refractivity contribution in [2.45, 2.75) is 19.9 Å². The minimum Gasteiger partial charge on any atom is -0.366 e. The highest BCUT2D eigenvalue weighted by Gasteiger charge is 2.11. The molecule has 2 heterocycles. The van der Waals surface area contributed by atoms with Gasteiger partial charge in [0.2, 0.25) is 0 Å². The summed E-state index contributed by atoms with van der Waals surface area (Å²) in [4.78, 5) is 0. The molecule has 2 aromatic heterocycles. The lowest BCUT2D eigenvalue weighted by Crippen LogP contribution is -2.09. The Hall–Kier alpha value is -0.710. The van der Waals surface area contributed by atoms with Crippen molar-refractivity contribution in [3.05, 3.63) is 20.8 Å². The van der Waals surface area contributed by atoms with Gasteiger partial charge in [0, 0.05) is 17.7 Å². The number of rotatable bonds is 3. The van der Waals surface area contributed by atoms with Crippen molar-refractivity contribution in [2.24, 2.45) is 0 Å². The summed E-state index contributed by atoms with van der Waals surface area (Å²) in [5.74, 6) is 0.809. The van der Waals surface area contributed by atoms with Crippen molar-refractivity contribution in [2.75, 3.05) is 5.32 Å². The Balaban J connectivity index is 2.28. The molecule has 0 saturated heterocycles. The summed E-state index contributed by atoms with van der Waals surface area (Å²) in [6, 6.07) is 4.10. The van der Waals surface area contributed by atoms with Gasteiger partial charge in [0.15, 0.2) is 0 Å². The Morgan fingerprint density at radius 3 is 2.69 bits per heavy atom. The first kappa shape index (κ1) is 11.8. The van der Waals surface area contributed by atoms with Gasteiger partial charge >= 0.3 is 0 Å². The second-order valence-corrected chi connectivity index (χ2v) is 5.99. The number of anilines is 1. The van der Waals surface area contributed by atoms with Crippen LogP contribution in [0.4, 0.5) is 5.82 Å². The standard InChI is InChI=1S/C10H11Cl2N3S/c1-5(2)13-9-4-7(14-15-9)6-3-8(11)16-10(6)12/h3-5H,1-2H3,(H2,13,14,15). The van der Waals surface area contributed by atoms with Crippen molar-refractivity contribution >= 4 is 40.4 Å². The predicted molar refractivity (Wildman–Crippen MR) is 70.7 cm³/mol. The van der Waals surface area contributed by atoms with Gasteiger partial charge < -0.3 is 5.32 Å². The molecule has 6 heteroatoms. The van der Waals surface area contributed by atoms with E-state index in [-0.39, 0.29) is 0 Å². The molecular formula is C10H11Cl2N3S. The van der Waals surface area contributed by atoms with Crippen LogP contribution >= 0.6 is 34.5 Å². The maximum absolute atomic E-state index is 6.06. The van der Waals surface area contributed by atoms with E-state index in [2.05, 4.69) is 29.4 Å². The van der Waals surface area contributed by atoms with E-state index in [0.29, 0.717) is 14.7 Å². The normalized spacial score (nSPS) is 11.1. The average Bonchev–Trinajstić information content (AvgIpc) is 2.72. The summed E-state index contributed by atoms with van der Waals surface area (Å²) < 4.78 is 1.35. The monoisotopic (exact) mass is 275 g/mol. The number of H-pyrrole nitrogens is 1. The van der Waals surface area contributed by atoms with Gasteiger partial charge in [-0.3, -0.25) is 5.10 Å². The van der Waals surface area contributed by atoms with Crippen LogP contribution in [0.3, 0.4) is 0 Å². The molecular weight excluding hydrogens is 265 g/mol. The molecule has 86 valence electrons. The molecule has 0 bridgehead atoms. The van der Waals surface area contributed by atoms with E-state index in [1.54, 1.807) is 0 Å². The summed E-state index contributed by atoms with van der Waals surface area (Å²) in [7, 11) is 0. The number of hydrogen-bond donors (Lipinski definition) is 2. The second-order valence-electron chi connectivity index (χ2n) is 3.70. The molecule has 2 rings (SSSR count). The molecule has 0 atom stereocenters. The Bertz CT molecular complexity index is 490. The average molecular weight is 276 g/mol. The topological polar surface area (TPSA) is 40.7 Å². The summed E-state index contributed by atoms with van der Waals surface area (Å²) in [6.07, 6.45) is 0. The number of nitrogens with one attached hydrogen (secondary N) is 2. The number of aromatic nitrogens is 2. The summed E-state index contributed by atoms with van der Waals surface area (Å²) >= 11 is 13.3. The molecule has 0 unspecified atom stereocenters. The zero-order chi connectivity index (χ0) is 11.7. The molecule has 0 aliphatic carbocycles. The maximum atomic E-state index is 6.06. The van der Waals surface area contributed by atoms with E-state index in [1.165, 1.54) is 11.3 Å². The largest absolute Gasteiger partial charge is 0.366 e. The van der Waals surface area contributed by atoms with Crippen LogP contribution in [-0.2, 0) is 0 Å². The summed E-state index contributed by atoms with van der Waals surface area (Å²) in [5.41, 5.74) is 1.76. The highest BCUT2D eigenvalue weighted by Crippen LogP contribution is 2.37. The fourth-order valence-corrected chi connectivity index (χ4v) is 2.84. The highest BCUT2D eigenvalue weighted by atomic mass is 35.5. The predicted octanol–water partition coefficient (Wildman–Crippen LogP) is 4.27. The minimum atomic E-state index is 0.345. The molecule has 0 saturated carbocycles. The van der Waals surface area contributed by atoms with Gasteiger partial charge in [0.1, 0.15) is 10.2 Å². The van der Waals surface area contributed by atoms with E-state index in [9.17, 15) is 0 Å². The number of nitrogens with zero attached hydrogens (tertiary/aromatic N) is 1. The van der Waals surface area contributed by atoms with Crippen LogP contribution in [0.15, 0.2) is 12.1 Å². The van der Waals surface area contributed by atoms with Gasteiger partial charge in [-0.1, -0.05) is 23.2 Å². The lowest BCUT2D eigenvalue weighted by Gasteiger charge is -2.04. The SMILES string of the molecule is CC(C)Nc1cc(-c2cc(Cl)sc2Cl)[nH]n1. The van der Waals surface area contributed by atoms with Crippen LogP contribution in [0.25, 0.3) is 11.3 Å². The first-order valence-electron chi connectivity index (χ1n) is 4.83. The molecule has 0 aromatic carbocycles. The van der Waals surface area contributed by atoms with Gasteiger partial charge in [-0.2, -0.15) is 5.10 Å². The number of aromatic amines is 1. The Labute approximate surface area is 108 Å². The van der Waals surface area contributed by atoms with E-state index in [1.807, 2.05) is 12.1 Å². The second kappa shape index (κ2) is 4.65. The van der Waals surface area contributed by atoms with E-state index < -0.39 is 0 Å². The van der Waals surface area contributed by atoms with Crippen molar-refractivity contribution in [1.29, 1.82) is 0 Å². The molecule has 2 aromatic rings. The molecule has 0 fully saturated rings. The molecule has 0 aliphatic heterocycles. The third-order valence-electron chi connectivity index (χ3n) is 1.96. The summed E-state index contributed by atoms with van der Waals surface area (Å²) in [5, 5.41) is 10.3. The van der Waals surface area contributed by atoms with Crippen LogP contribution in [-0.4, -0.2) is 16.2 Å². The zero-order valence-corrected chi connectivity index (χ0v) is 11.2. The lowest BCUT2D eigenvalue weighted by atomic mass is 10.2. The number of thiophene rings is 1. The van der Waals surface area contributed by atoms with Crippen LogP contribution in [0.2, 0.25) is 8.67 Å². The molecule has 0 amide bonds. The lowest BCUT2D eigenvalue weighted by molar-refractivity contribution is 0.884. The van der Waals surface area contributed by atoms with Gasteiger partial charge in [-0.05, 0) is 19.9 Å². The van der Waals surface area contributed by atoms with Gasteiger partial charge in [0.05, 0.1) is 10.0 Å². The van der Waals surface area contributed by atoms with E-state index in [0.717, 1.165) is 17.1 Å². The van der Waals surface area contributed by atoms with Gasteiger partial charge in [-0.25, -0.2) is 0 Å². The molecule has 0 aliphatic rings. The maximum Gasteiger partial charge on any atom is 0.148 e. The molecule has 2 N–H and O–H groups in total. The van der Waals surface area contributed by atoms with Crippen molar-refractivity contribution in [3.63, 3.8) is 0 Å². The summed E-state index contributed by atoms with van der Waals surface area (Å²) in [6.45, 7) is 4.12. The fourth-order valence-electron chi connectivity index (χ4n) is 1.35. The van der Waals surface area contributed by atoms with Crippen LogP contribution in [0.5, 0.6) is 0 Å². The quantitative estimate of drug-likeness (QED) is 0.879. The Morgan fingerprint density at radius 1 is 1.38 bits per heavy atom. The fraction of sp³-hybridized carbons (Fsp3) is 0.300. The van der Waals surface area contributed by atoms with Crippen molar-refractivity contribution in [3.8, 4) is 11.3 Å². The third-order valence-corrected chi connectivity index (χ3v) is 3.45. The number of hydrogen-bond acceptors (Lipinski definition) is 3. The van der Waals surface area contributed by atoms with E-state index in [4.69, 9.17) is 23.2 Å². The third kappa shape index (κ3) is 2.51. The smallest absolute Gasteiger partial charge is 0.148 e. The molecule has 3 nitrogen and oxygen atoms in total. The number of halogens is 2. The first-order valence-corrected chi connectivity index (χ1v) is 6.40. The minimum absolute atomic E-state index is 0.345. The van der Waals surface area contributed by atoms with Crippen LogP contribution in [0, 0.1) is 0 Å². The van der Waals surface area contributed by atoms with Gasteiger partial charge in [0.25, 0.3) is 0 Å². The van der Waals surface area contributed by atoms with Gasteiger partial charge in [-0.15, -0.1) is 11.3 Å². The first-order chi connectivity index (χ1) is 7.56. The van der Waals surface area contributed by atoms with Crippen LogP contribution < -0.4 is 5.32 Å². The highest BCUT2D eigenvalue weighted by molar-refractivity contribution is 7.20. The van der Waals surface area contributed by atoms with Crippen molar-refractivity contribution < 1.29 is 0 Å². The zero-order valence-electron chi connectivity index (χ0n) is 8.84. The van der Waals surface area contributed by atoms with E-state index >= 15 is 0 Å². The van der Waals surface area contributed by atoms with Crippen LogP contribution in [0.1, 0.15) is 13.8 Å². The molecule has 16 heavy (non-hydrogen) atoms. The molecule has 0 radical (unpaired) electrons. The molecule has 0 spiro atoms. The Morgan fingerprint density at radius 2 is 2.12 bits per heavy atom. The van der Waals surface area contributed by atoms with Crippen molar-refractivity contribution in [1.82, 2.24) is 10.2 Å².